The maximum atomic E-state index is 13.4. The summed E-state index contributed by atoms with van der Waals surface area (Å²) in [5.74, 6) is 0. The number of hydrogen-bond acceptors (Lipinski definition) is 9. The highest BCUT2D eigenvalue weighted by atomic mass is 31.2. The average molecular weight is 522 g/mol. The number of nitrogens with one attached hydrogen (secondary N) is 1. The van der Waals surface area contributed by atoms with E-state index in [-0.39, 0.29) is 18.6 Å². The molecule has 11 nitrogen and oxygen atoms in total. The molecule has 3 heterocycles. The fourth-order valence-electron chi connectivity index (χ4n) is 3.93. The number of alkyl halides is 3. The highest BCUT2D eigenvalue weighted by molar-refractivity contribution is 7.48. The van der Waals surface area contributed by atoms with Crippen LogP contribution in [-0.2, 0) is 29.0 Å². The van der Waals surface area contributed by atoms with Gasteiger partial charge in [-0.1, -0.05) is 18.2 Å². The lowest BCUT2D eigenvalue weighted by Crippen LogP contribution is -2.44. The summed E-state index contributed by atoms with van der Waals surface area (Å²) in [6, 6.07) is 5.70. The van der Waals surface area contributed by atoms with Crippen molar-refractivity contribution < 1.29 is 46.3 Å². The summed E-state index contributed by atoms with van der Waals surface area (Å²) in [5, 5.41) is 20.9. The number of hydrogen-bond donors (Lipinski definition) is 3. The van der Waals surface area contributed by atoms with E-state index in [2.05, 4.69) is 0 Å². The molecule has 15 heteroatoms. The Kier molecular flexibility index (Phi) is 6.83. The highest BCUT2D eigenvalue weighted by Gasteiger charge is 2.54. The zero-order chi connectivity index (χ0) is 25.6. The molecule has 1 aromatic carbocycles. The first-order valence-corrected chi connectivity index (χ1v) is 11.9. The fraction of sp³-hybridized carbons (Fsp3) is 0.500. The third kappa shape index (κ3) is 5.14. The zero-order valence-electron chi connectivity index (χ0n) is 18.2. The molecule has 0 bridgehead atoms. The van der Waals surface area contributed by atoms with Crippen LogP contribution in [-0.4, -0.2) is 50.8 Å². The number of aromatic amines is 1. The number of ether oxygens (including phenoxy) is 1. The van der Waals surface area contributed by atoms with Gasteiger partial charge in [-0.2, -0.15) is 13.2 Å². The van der Waals surface area contributed by atoms with Crippen LogP contribution in [0, 0.1) is 0 Å². The summed E-state index contributed by atoms with van der Waals surface area (Å²) in [6.07, 6.45) is -9.59. The molecule has 2 fully saturated rings. The van der Waals surface area contributed by atoms with E-state index in [1.54, 1.807) is 0 Å². The third-order valence-electron chi connectivity index (χ3n) is 5.76. The Hall–Kier alpha value is -2.32. The quantitative estimate of drug-likeness (QED) is 0.501. The van der Waals surface area contributed by atoms with E-state index in [1.807, 2.05) is 4.98 Å². The Bertz CT molecular complexity index is 1250. The maximum absolute atomic E-state index is 13.4. The van der Waals surface area contributed by atoms with Crippen molar-refractivity contribution in [1.29, 1.82) is 0 Å². The van der Waals surface area contributed by atoms with E-state index in [0.717, 1.165) is 22.9 Å². The molecule has 2 unspecified atom stereocenters. The summed E-state index contributed by atoms with van der Waals surface area (Å²) in [7, 11) is -4.41. The van der Waals surface area contributed by atoms with Crippen molar-refractivity contribution in [3.63, 3.8) is 0 Å². The Balaban J connectivity index is 1.50. The number of nitrogens with zero attached hydrogens (tertiary/aromatic N) is 1. The lowest BCUT2D eigenvalue weighted by molar-refractivity contribution is -0.139. The molecule has 1 aromatic heterocycles. The largest absolute Gasteiger partial charge is 0.475 e. The first kappa shape index (κ1) is 25.8. The van der Waals surface area contributed by atoms with Crippen LogP contribution >= 0.6 is 7.82 Å². The van der Waals surface area contributed by atoms with Gasteiger partial charge in [-0.3, -0.25) is 27.9 Å². The molecule has 0 amide bonds. The minimum absolute atomic E-state index is 0.0211. The van der Waals surface area contributed by atoms with Gasteiger partial charge in [0.25, 0.3) is 5.56 Å². The molecule has 2 aliphatic heterocycles. The normalized spacial score (nSPS) is 33.7. The molecular formula is C20H22F3N2O9P. The molecule has 0 radical (unpaired) electrons. The number of phosphoric acid groups is 1. The highest BCUT2D eigenvalue weighted by Crippen LogP contribution is 2.58. The number of aliphatic hydroxyl groups excluding tert-OH is 2. The lowest BCUT2D eigenvalue weighted by atomic mass is 9.99. The molecule has 2 saturated heterocycles. The number of aliphatic hydroxyl groups is 2. The molecule has 4 rings (SSSR count). The number of halogens is 3. The van der Waals surface area contributed by atoms with Crippen LogP contribution in [0.3, 0.4) is 0 Å². The van der Waals surface area contributed by atoms with Gasteiger partial charge in [-0.25, -0.2) is 9.36 Å². The molecule has 6 atom stereocenters. The minimum Gasteiger partial charge on any atom is -0.387 e. The van der Waals surface area contributed by atoms with Gasteiger partial charge >= 0.3 is 19.7 Å². The van der Waals surface area contributed by atoms with Crippen LogP contribution in [0.15, 0.2) is 46.1 Å². The van der Waals surface area contributed by atoms with Crippen molar-refractivity contribution in [2.24, 2.45) is 0 Å². The molecular weight excluding hydrogens is 500 g/mol. The van der Waals surface area contributed by atoms with Gasteiger partial charge in [0.2, 0.25) is 0 Å². The Morgan fingerprint density at radius 2 is 1.97 bits per heavy atom. The minimum atomic E-state index is -4.66. The standard InChI is InChI=1S/C20H22F3N2O9P/c1-19(16(28)15(27)17(33-19)25-8-6-14(26)24-18(25)29)10-32-35(30)31-9-7-13(34-35)11-4-2-3-5-12(11)20(21,22)23/h2-6,8,13,15-17,27-28H,7,9-10H2,1H3,(H,24,26,29)/t13-,15+,16-,17?,19+,35?/m0/s1. The van der Waals surface area contributed by atoms with Gasteiger partial charge in [-0.15, -0.1) is 0 Å². The van der Waals surface area contributed by atoms with Gasteiger partial charge in [-0.05, 0) is 18.6 Å². The number of aromatic nitrogens is 2. The lowest BCUT2D eigenvalue weighted by Gasteiger charge is -2.33. The van der Waals surface area contributed by atoms with Crippen molar-refractivity contribution in [3.05, 3.63) is 68.5 Å². The summed E-state index contributed by atoms with van der Waals surface area (Å²) < 4.78 is 75.4. The molecule has 2 aliphatic rings. The van der Waals surface area contributed by atoms with E-state index < -0.39 is 67.6 Å². The van der Waals surface area contributed by atoms with Crippen molar-refractivity contribution in [1.82, 2.24) is 9.55 Å². The van der Waals surface area contributed by atoms with Crippen molar-refractivity contribution >= 4 is 7.82 Å². The van der Waals surface area contributed by atoms with Crippen LogP contribution in [0.25, 0.3) is 0 Å². The van der Waals surface area contributed by atoms with Gasteiger partial charge in [0.1, 0.15) is 17.8 Å². The second kappa shape index (κ2) is 9.28. The number of rotatable bonds is 5. The summed E-state index contributed by atoms with van der Waals surface area (Å²) in [6.45, 7) is 0.390. The van der Waals surface area contributed by atoms with Crippen molar-refractivity contribution in [2.75, 3.05) is 13.2 Å². The van der Waals surface area contributed by atoms with E-state index in [1.165, 1.54) is 25.1 Å². The fourth-order valence-corrected chi connectivity index (χ4v) is 5.40. The van der Waals surface area contributed by atoms with E-state index >= 15 is 0 Å². The average Bonchev–Trinajstić information content (AvgIpc) is 3.02. The van der Waals surface area contributed by atoms with Crippen LogP contribution in [0.1, 0.15) is 36.8 Å². The zero-order valence-corrected chi connectivity index (χ0v) is 19.1. The summed E-state index contributed by atoms with van der Waals surface area (Å²) >= 11 is 0. The summed E-state index contributed by atoms with van der Waals surface area (Å²) in [4.78, 5) is 25.3. The van der Waals surface area contributed by atoms with Gasteiger partial charge in [0.15, 0.2) is 6.23 Å². The molecule has 0 aliphatic carbocycles. The van der Waals surface area contributed by atoms with Crippen molar-refractivity contribution in [3.8, 4) is 0 Å². The molecule has 0 saturated carbocycles. The third-order valence-corrected chi connectivity index (χ3v) is 7.22. The predicted octanol–water partition coefficient (Wildman–Crippen LogP) is 1.87. The van der Waals surface area contributed by atoms with E-state index in [4.69, 9.17) is 18.3 Å². The smallest absolute Gasteiger partial charge is 0.387 e. The molecule has 2 aromatic rings. The Morgan fingerprint density at radius 3 is 2.66 bits per heavy atom. The number of benzene rings is 1. The SMILES string of the molecule is C[C@]1(COP2(=O)OCC[C@@H](c3ccccc3C(F)(F)F)O2)OC(n2ccc(=O)[nH]c2=O)[C@H](O)[C@@H]1O. The topological polar surface area (TPSA) is 149 Å². The molecule has 192 valence electrons. The van der Waals surface area contributed by atoms with Crippen molar-refractivity contribution in [2.45, 2.75) is 49.7 Å². The first-order valence-electron chi connectivity index (χ1n) is 10.4. The summed E-state index contributed by atoms with van der Waals surface area (Å²) in [5.41, 5.74) is -4.50. The molecule has 35 heavy (non-hydrogen) atoms. The molecule has 0 spiro atoms. The monoisotopic (exact) mass is 522 g/mol. The number of phosphoric ester groups is 1. The van der Waals surface area contributed by atoms with Crippen LogP contribution < -0.4 is 11.2 Å². The van der Waals surface area contributed by atoms with E-state index in [0.29, 0.717) is 0 Å². The predicted molar refractivity (Wildman–Crippen MR) is 111 cm³/mol. The second-order valence-electron chi connectivity index (χ2n) is 8.30. The van der Waals surface area contributed by atoms with Crippen LogP contribution in [0.2, 0.25) is 0 Å². The van der Waals surface area contributed by atoms with E-state index in [9.17, 15) is 37.5 Å². The molecule has 3 N–H and O–H groups in total. The van der Waals surface area contributed by atoms with Crippen LogP contribution in [0.4, 0.5) is 13.2 Å². The maximum Gasteiger partial charge on any atom is 0.475 e. The Labute approximate surface area is 195 Å². The van der Waals surface area contributed by atoms with Crippen LogP contribution in [0.5, 0.6) is 0 Å². The van der Waals surface area contributed by atoms with Gasteiger partial charge in [0.05, 0.1) is 24.9 Å². The first-order chi connectivity index (χ1) is 16.3. The Morgan fingerprint density at radius 1 is 1.26 bits per heavy atom. The van der Waals surface area contributed by atoms with Gasteiger partial charge < -0.3 is 14.9 Å². The van der Waals surface area contributed by atoms with Gasteiger partial charge in [0, 0.05) is 18.7 Å². The number of H-pyrrole nitrogens is 1. The second-order valence-corrected chi connectivity index (χ2v) is 9.92.